The molecule has 0 aromatic heterocycles. The van der Waals surface area contributed by atoms with Gasteiger partial charge in [0.2, 0.25) is 0 Å². The Morgan fingerprint density at radius 2 is 1.71 bits per heavy atom. The second-order valence-corrected chi connectivity index (χ2v) is 7.09. The van der Waals surface area contributed by atoms with E-state index >= 15 is 0 Å². The summed E-state index contributed by atoms with van der Waals surface area (Å²) in [5, 5.41) is 5.86. The number of ether oxygens (including phenoxy) is 2. The number of rotatable bonds is 9. The van der Waals surface area contributed by atoms with Crippen LogP contribution in [0.5, 0.6) is 11.5 Å². The smallest absolute Gasteiger partial charge is 0.264 e. The van der Waals surface area contributed by atoms with E-state index < -0.39 is 0 Å². The summed E-state index contributed by atoms with van der Waals surface area (Å²) < 4.78 is 11.4. The standard InChI is InChI=1S/C22H28N2O3S/c1-4-5-14-26-20-13-9-7-11-18(20)23-22(28)24-21(25)15-27-19-12-8-6-10-17(19)16(2)3/h6-13,16H,4-5,14-15H2,1-3H3,(H2,23,24,25,28). The summed E-state index contributed by atoms with van der Waals surface area (Å²) in [5.74, 6) is 1.41. The number of hydrogen-bond donors (Lipinski definition) is 2. The van der Waals surface area contributed by atoms with Crippen molar-refractivity contribution in [1.29, 1.82) is 0 Å². The van der Waals surface area contributed by atoms with Crippen LogP contribution in [0.3, 0.4) is 0 Å². The molecule has 0 saturated heterocycles. The first-order valence-corrected chi connectivity index (χ1v) is 9.96. The lowest BCUT2D eigenvalue weighted by molar-refractivity contribution is -0.121. The Morgan fingerprint density at radius 1 is 1.04 bits per heavy atom. The fourth-order valence-electron chi connectivity index (χ4n) is 2.57. The number of para-hydroxylation sites is 3. The lowest BCUT2D eigenvalue weighted by atomic mass is 10.0. The predicted octanol–water partition coefficient (Wildman–Crippen LogP) is 4.88. The van der Waals surface area contributed by atoms with Crippen LogP contribution in [0.4, 0.5) is 5.69 Å². The normalized spacial score (nSPS) is 10.4. The van der Waals surface area contributed by atoms with Crippen molar-refractivity contribution >= 4 is 28.9 Å². The van der Waals surface area contributed by atoms with Crippen LogP contribution in [0.25, 0.3) is 0 Å². The van der Waals surface area contributed by atoms with E-state index in [1.54, 1.807) is 0 Å². The third-order valence-electron chi connectivity index (χ3n) is 4.04. The van der Waals surface area contributed by atoms with Crippen LogP contribution in [0.2, 0.25) is 0 Å². The first-order chi connectivity index (χ1) is 13.5. The van der Waals surface area contributed by atoms with Crippen molar-refractivity contribution in [2.45, 2.75) is 39.5 Å². The zero-order chi connectivity index (χ0) is 20.4. The molecule has 2 N–H and O–H groups in total. The summed E-state index contributed by atoms with van der Waals surface area (Å²) in [4.78, 5) is 12.2. The molecule has 0 bridgehead atoms. The van der Waals surface area contributed by atoms with E-state index in [1.165, 1.54) is 0 Å². The lowest BCUT2D eigenvalue weighted by Crippen LogP contribution is -2.37. The van der Waals surface area contributed by atoms with E-state index in [1.807, 2.05) is 48.5 Å². The fourth-order valence-corrected chi connectivity index (χ4v) is 2.79. The number of anilines is 1. The highest BCUT2D eigenvalue weighted by atomic mass is 32.1. The van der Waals surface area contributed by atoms with E-state index in [0.29, 0.717) is 24.0 Å². The van der Waals surface area contributed by atoms with Crippen molar-refractivity contribution in [2.75, 3.05) is 18.5 Å². The molecule has 0 aliphatic carbocycles. The van der Waals surface area contributed by atoms with Crippen molar-refractivity contribution in [3.05, 3.63) is 54.1 Å². The topological polar surface area (TPSA) is 59.6 Å². The largest absolute Gasteiger partial charge is 0.491 e. The maximum Gasteiger partial charge on any atom is 0.264 e. The van der Waals surface area contributed by atoms with Gasteiger partial charge in [-0.15, -0.1) is 0 Å². The van der Waals surface area contributed by atoms with Crippen LogP contribution < -0.4 is 20.1 Å². The van der Waals surface area contributed by atoms with Gasteiger partial charge in [0.15, 0.2) is 11.7 Å². The molecular weight excluding hydrogens is 372 g/mol. The van der Waals surface area contributed by atoms with Crippen LogP contribution in [0, 0.1) is 0 Å². The first-order valence-electron chi connectivity index (χ1n) is 9.55. The molecule has 1 amide bonds. The first kappa shape index (κ1) is 21.7. The van der Waals surface area contributed by atoms with Crippen molar-refractivity contribution in [3.63, 3.8) is 0 Å². The quantitative estimate of drug-likeness (QED) is 0.464. The van der Waals surface area contributed by atoms with E-state index in [0.717, 1.165) is 24.1 Å². The highest BCUT2D eigenvalue weighted by Crippen LogP contribution is 2.26. The van der Waals surface area contributed by atoms with E-state index in [9.17, 15) is 4.79 Å². The Labute approximate surface area is 172 Å². The van der Waals surface area contributed by atoms with E-state index in [-0.39, 0.29) is 17.6 Å². The summed E-state index contributed by atoms with van der Waals surface area (Å²) in [7, 11) is 0. The Bertz CT molecular complexity index is 793. The zero-order valence-electron chi connectivity index (χ0n) is 16.7. The summed E-state index contributed by atoms with van der Waals surface area (Å²) in [6, 6.07) is 15.2. The molecule has 0 aliphatic heterocycles. The van der Waals surface area contributed by atoms with Crippen LogP contribution in [-0.2, 0) is 4.79 Å². The minimum absolute atomic E-state index is 0.111. The van der Waals surface area contributed by atoms with Gasteiger partial charge in [-0.2, -0.15) is 0 Å². The van der Waals surface area contributed by atoms with Gasteiger partial charge in [0, 0.05) is 0 Å². The number of nitrogens with one attached hydrogen (secondary N) is 2. The number of hydrogen-bond acceptors (Lipinski definition) is 4. The molecule has 150 valence electrons. The molecular formula is C22H28N2O3S. The van der Waals surface area contributed by atoms with Gasteiger partial charge in [0.1, 0.15) is 11.5 Å². The second kappa shape index (κ2) is 11.3. The van der Waals surface area contributed by atoms with Crippen molar-refractivity contribution in [3.8, 4) is 11.5 Å². The molecule has 2 rings (SSSR count). The molecule has 0 unspecified atom stereocenters. The maximum absolute atomic E-state index is 12.2. The third kappa shape index (κ3) is 6.85. The number of unbranched alkanes of at least 4 members (excludes halogenated alkanes) is 1. The van der Waals surface area contributed by atoms with Crippen molar-refractivity contribution in [2.24, 2.45) is 0 Å². The molecule has 28 heavy (non-hydrogen) atoms. The monoisotopic (exact) mass is 400 g/mol. The Kier molecular flexibility index (Phi) is 8.75. The fraction of sp³-hybridized carbons (Fsp3) is 0.364. The molecule has 6 heteroatoms. The van der Waals surface area contributed by atoms with E-state index in [2.05, 4.69) is 31.4 Å². The minimum Gasteiger partial charge on any atom is -0.491 e. The molecule has 0 spiro atoms. The van der Waals surface area contributed by atoms with Gasteiger partial charge in [-0.3, -0.25) is 10.1 Å². The number of carbonyl (C=O) groups is 1. The summed E-state index contributed by atoms with van der Waals surface area (Å²) in [6.07, 6.45) is 2.04. The van der Waals surface area contributed by atoms with Crippen LogP contribution in [-0.4, -0.2) is 24.2 Å². The highest BCUT2D eigenvalue weighted by molar-refractivity contribution is 7.80. The van der Waals surface area contributed by atoms with E-state index in [4.69, 9.17) is 21.7 Å². The minimum atomic E-state index is -0.319. The van der Waals surface area contributed by atoms with Gasteiger partial charge in [0.05, 0.1) is 12.3 Å². The average Bonchev–Trinajstić information content (AvgIpc) is 2.68. The number of carbonyl (C=O) groups excluding carboxylic acids is 1. The van der Waals surface area contributed by atoms with Gasteiger partial charge in [-0.25, -0.2) is 0 Å². The SMILES string of the molecule is CCCCOc1ccccc1NC(=S)NC(=O)COc1ccccc1C(C)C. The maximum atomic E-state index is 12.2. The van der Waals surface area contributed by atoms with Crippen molar-refractivity contribution < 1.29 is 14.3 Å². The third-order valence-corrected chi connectivity index (χ3v) is 4.25. The molecule has 2 aromatic carbocycles. The predicted molar refractivity (Wildman–Crippen MR) is 117 cm³/mol. The van der Waals surface area contributed by atoms with Gasteiger partial charge in [-0.05, 0) is 48.3 Å². The average molecular weight is 401 g/mol. The van der Waals surface area contributed by atoms with Crippen molar-refractivity contribution in [1.82, 2.24) is 5.32 Å². The molecule has 0 aliphatic rings. The molecule has 0 saturated carbocycles. The Hall–Kier alpha value is -2.60. The summed E-state index contributed by atoms with van der Waals surface area (Å²) in [5.41, 5.74) is 1.78. The number of thiocarbonyl (C=S) groups is 1. The van der Waals surface area contributed by atoms with Gasteiger partial charge >= 0.3 is 0 Å². The molecule has 0 heterocycles. The zero-order valence-corrected chi connectivity index (χ0v) is 17.5. The molecule has 0 radical (unpaired) electrons. The van der Waals surface area contributed by atoms with Crippen LogP contribution >= 0.6 is 12.2 Å². The molecule has 0 atom stereocenters. The second-order valence-electron chi connectivity index (χ2n) is 6.68. The summed E-state index contributed by atoms with van der Waals surface area (Å²) in [6.45, 7) is 6.81. The molecule has 2 aromatic rings. The van der Waals surface area contributed by atoms with Gasteiger partial charge in [-0.1, -0.05) is 57.5 Å². The summed E-state index contributed by atoms with van der Waals surface area (Å²) >= 11 is 5.25. The van der Waals surface area contributed by atoms with Crippen LogP contribution in [0.1, 0.15) is 45.1 Å². The van der Waals surface area contributed by atoms with Crippen LogP contribution in [0.15, 0.2) is 48.5 Å². The Balaban J connectivity index is 1.87. The lowest BCUT2D eigenvalue weighted by Gasteiger charge is -2.15. The number of benzene rings is 2. The molecule has 0 fully saturated rings. The number of amides is 1. The van der Waals surface area contributed by atoms with Gasteiger partial charge < -0.3 is 14.8 Å². The highest BCUT2D eigenvalue weighted by Gasteiger charge is 2.11. The Morgan fingerprint density at radius 3 is 2.43 bits per heavy atom. The molecule has 5 nitrogen and oxygen atoms in total. The van der Waals surface area contributed by atoms with Gasteiger partial charge in [0.25, 0.3) is 5.91 Å².